The fourth-order valence-corrected chi connectivity index (χ4v) is 5.05. The topological polar surface area (TPSA) is 106 Å². The van der Waals surface area contributed by atoms with Gasteiger partial charge in [-0.2, -0.15) is 4.98 Å². The highest BCUT2D eigenvalue weighted by molar-refractivity contribution is 6.32. The van der Waals surface area contributed by atoms with Crippen molar-refractivity contribution in [1.82, 2.24) is 9.97 Å². The van der Waals surface area contributed by atoms with Gasteiger partial charge in [0, 0.05) is 31.9 Å². The number of rotatable bonds is 11. The van der Waals surface area contributed by atoms with Crippen molar-refractivity contribution in [3.8, 4) is 23.0 Å². The minimum atomic E-state index is -0.310. The third-order valence-corrected chi connectivity index (χ3v) is 7.07. The Labute approximate surface area is 233 Å². The number of aliphatic hydroxyl groups is 1. The van der Waals surface area contributed by atoms with Crippen molar-refractivity contribution >= 4 is 29.2 Å². The molecule has 1 aromatic heterocycles. The Morgan fingerprint density at radius 2 is 1.77 bits per heavy atom. The molecular formula is C28H33ClN4O6. The number of halogens is 1. The number of carbonyl (C=O) groups is 1. The lowest BCUT2D eigenvalue weighted by Crippen LogP contribution is -2.34. The molecule has 2 aromatic carbocycles. The van der Waals surface area contributed by atoms with Crippen LogP contribution in [0.2, 0.25) is 5.02 Å². The maximum atomic E-state index is 13.9. The van der Waals surface area contributed by atoms with Crippen molar-refractivity contribution in [1.29, 1.82) is 0 Å². The number of methoxy groups -OCH3 is 4. The molecule has 1 fully saturated rings. The predicted octanol–water partition coefficient (Wildman–Crippen LogP) is 3.99. The fourth-order valence-electron chi connectivity index (χ4n) is 4.77. The van der Waals surface area contributed by atoms with Crippen molar-refractivity contribution in [3.63, 3.8) is 0 Å². The lowest BCUT2D eigenvalue weighted by molar-refractivity contribution is 0.103. The van der Waals surface area contributed by atoms with Crippen molar-refractivity contribution in [3.05, 3.63) is 58.2 Å². The first-order valence-electron chi connectivity index (χ1n) is 12.5. The first kappa shape index (κ1) is 28.3. The van der Waals surface area contributed by atoms with Crippen LogP contribution in [0.4, 0.5) is 11.8 Å². The molecule has 0 radical (unpaired) electrons. The van der Waals surface area contributed by atoms with E-state index in [-0.39, 0.29) is 18.4 Å². The summed E-state index contributed by atoms with van der Waals surface area (Å²) in [6, 6.07) is 8.67. The standard InChI is InChI=1S/C28H33ClN4O6/c1-32(15-17-8-9-22(36-2)21(29)11-17)27-20(14-30-28(31-27)33-10-6-7-19(33)16-34)25(35)18-12-23(37-3)26(39-5)24(13-18)38-4/h8-9,11-14,19,34H,6-7,10,15-16H2,1-5H3/t19-/m0/s1. The van der Waals surface area contributed by atoms with E-state index in [1.54, 1.807) is 25.3 Å². The van der Waals surface area contributed by atoms with Crippen LogP contribution in [0.3, 0.4) is 0 Å². The minimum Gasteiger partial charge on any atom is -0.495 e. The SMILES string of the molecule is COc1ccc(CN(C)c2nc(N3CCC[C@H]3CO)ncc2C(=O)c2cc(OC)c(OC)c(OC)c2)cc1Cl. The molecule has 0 spiro atoms. The number of hydrogen-bond donors (Lipinski definition) is 1. The number of ether oxygens (including phenoxy) is 4. The fraction of sp³-hybridized carbons (Fsp3) is 0.393. The normalized spacial score (nSPS) is 14.7. The van der Waals surface area contributed by atoms with Crippen LogP contribution in [0.25, 0.3) is 0 Å². The maximum Gasteiger partial charge on any atom is 0.227 e. The van der Waals surface area contributed by atoms with E-state index in [0.29, 0.717) is 57.5 Å². The Balaban J connectivity index is 1.78. The van der Waals surface area contributed by atoms with Crippen molar-refractivity contribution in [2.45, 2.75) is 25.4 Å². The van der Waals surface area contributed by atoms with Crippen LogP contribution in [0.15, 0.2) is 36.5 Å². The monoisotopic (exact) mass is 556 g/mol. The molecule has 208 valence electrons. The number of ketones is 1. The van der Waals surface area contributed by atoms with E-state index in [1.807, 2.05) is 29.0 Å². The average Bonchev–Trinajstić information content (AvgIpc) is 3.44. The highest BCUT2D eigenvalue weighted by atomic mass is 35.5. The summed E-state index contributed by atoms with van der Waals surface area (Å²) in [6.07, 6.45) is 3.31. The molecule has 1 atom stereocenters. The second-order valence-corrected chi connectivity index (χ2v) is 9.55. The van der Waals surface area contributed by atoms with Gasteiger partial charge in [-0.05, 0) is 42.7 Å². The second-order valence-electron chi connectivity index (χ2n) is 9.15. The second kappa shape index (κ2) is 12.4. The zero-order chi connectivity index (χ0) is 28.1. The van der Waals surface area contributed by atoms with Crippen LogP contribution < -0.4 is 28.7 Å². The Bertz CT molecular complexity index is 1310. The summed E-state index contributed by atoms with van der Waals surface area (Å²) in [7, 11) is 7.91. The molecule has 10 nitrogen and oxygen atoms in total. The molecule has 1 aliphatic heterocycles. The van der Waals surface area contributed by atoms with Gasteiger partial charge >= 0.3 is 0 Å². The molecule has 0 aliphatic carbocycles. The van der Waals surface area contributed by atoms with Gasteiger partial charge in [0.25, 0.3) is 0 Å². The molecule has 2 heterocycles. The highest BCUT2D eigenvalue weighted by Crippen LogP contribution is 2.39. The van der Waals surface area contributed by atoms with E-state index in [4.69, 9.17) is 35.5 Å². The van der Waals surface area contributed by atoms with Gasteiger partial charge in [0.05, 0.1) is 51.7 Å². The quantitative estimate of drug-likeness (QED) is 0.348. The van der Waals surface area contributed by atoms with E-state index in [1.165, 1.54) is 27.5 Å². The van der Waals surface area contributed by atoms with Crippen molar-refractivity contribution in [2.75, 3.05) is 58.4 Å². The van der Waals surface area contributed by atoms with E-state index in [0.717, 1.165) is 24.9 Å². The van der Waals surface area contributed by atoms with Crippen LogP contribution >= 0.6 is 11.6 Å². The molecule has 0 amide bonds. The van der Waals surface area contributed by atoms with E-state index < -0.39 is 0 Å². The average molecular weight is 557 g/mol. The number of anilines is 2. The third-order valence-electron chi connectivity index (χ3n) is 6.77. The predicted molar refractivity (Wildman–Crippen MR) is 149 cm³/mol. The number of aliphatic hydroxyl groups excluding tert-OH is 1. The first-order chi connectivity index (χ1) is 18.8. The van der Waals surface area contributed by atoms with Gasteiger partial charge in [-0.25, -0.2) is 4.98 Å². The molecule has 39 heavy (non-hydrogen) atoms. The Morgan fingerprint density at radius 3 is 2.36 bits per heavy atom. The molecule has 1 aliphatic rings. The molecule has 11 heteroatoms. The van der Waals surface area contributed by atoms with Gasteiger partial charge in [0.1, 0.15) is 11.6 Å². The number of aromatic nitrogens is 2. The largest absolute Gasteiger partial charge is 0.495 e. The number of benzene rings is 2. The summed E-state index contributed by atoms with van der Waals surface area (Å²) in [4.78, 5) is 27.1. The molecule has 1 saturated heterocycles. The van der Waals surface area contributed by atoms with Crippen LogP contribution in [0, 0.1) is 0 Å². The van der Waals surface area contributed by atoms with Crippen molar-refractivity contribution < 1.29 is 28.8 Å². The Kier molecular flexibility index (Phi) is 8.98. The lowest BCUT2D eigenvalue weighted by Gasteiger charge is -2.26. The smallest absolute Gasteiger partial charge is 0.227 e. The summed E-state index contributed by atoms with van der Waals surface area (Å²) in [5.41, 5.74) is 1.54. The summed E-state index contributed by atoms with van der Waals surface area (Å²) in [5, 5.41) is 10.3. The summed E-state index contributed by atoms with van der Waals surface area (Å²) in [5.74, 6) is 2.29. The number of hydrogen-bond acceptors (Lipinski definition) is 10. The molecule has 3 aromatic rings. The van der Waals surface area contributed by atoms with Gasteiger partial charge in [-0.15, -0.1) is 0 Å². The molecular weight excluding hydrogens is 524 g/mol. The molecule has 0 bridgehead atoms. The van der Waals surface area contributed by atoms with Crippen LogP contribution in [0.5, 0.6) is 23.0 Å². The summed E-state index contributed by atoms with van der Waals surface area (Å²) in [6.45, 7) is 1.15. The Morgan fingerprint density at radius 1 is 1.08 bits per heavy atom. The van der Waals surface area contributed by atoms with Gasteiger partial charge in [0.15, 0.2) is 17.3 Å². The van der Waals surface area contributed by atoms with Crippen LogP contribution in [0.1, 0.15) is 34.3 Å². The van der Waals surface area contributed by atoms with E-state index >= 15 is 0 Å². The van der Waals surface area contributed by atoms with Gasteiger partial charge in [-0.1, -0.05) is 17.7 Å². The van der Waals surface area contributed by atoms with Crippen molar-refractivity contribution in [2.24, 2.45) is 0 Å². The molecule has 0 unspecified atom stereocenters. The summed E-state index contributed by atoms with van der Waals surface area (Å²) < 4.78 is 21.6. The van der Waals surface area contributed by atoms with Gasteiger partial charge < -0.3 is 33.9 Å². The zero-order valence-electron chi connectivity index (χ0n) is 22.7. The first-order valence-corrected chi connectivity index (χ1v) is 12.9. The molecule has 4 rings (SSSR count). The zero-order valence-corrected chi connectivity index (χ0v) is 23.5. The van der Waals surface area contributed by atoms with Gasteiger partial charge in [-0.3, -0.25) is 4.79 Å². The summed E-state index contributed by atoms with van der Waals surface area (Å²) >= 11 is 6.36. The molecule has 0 saturated carbocycles. The van der Waals surface area contributed by atoms with E-state index in [9.17, 15) is 9.90 Å². The highest BCUT2D eigenvalue weighted by Gasteiger charge is 2.29. The van der Waals surface area contributed by atoms with Gasteiger partial charge in [0.2, 0.25) is 11.7 Å². The maximum absolute atomic E-state index is 13.9. The third kappa shape index (κ3) is 5.81. The number of carbonyl (C=O) groups excluding carboxylic acids is 1. The van der Waals surface area contributed by atoms with E-state index in [2.05, 4.69) is 4.98 Å². The number of nitrogens with zero attached hydrogens (tertiary/aromatic N) is 4. The molecule has 1 N–H and O–H groups in total. The lowest BCUT2D eigenvalue weighted by atomic mass is 10.0. The minimum absolute atomic E-state index is 0.00496. The Hall–Kier alpha value is -3.76. The van der Waals surface area contributed by atoms with Crippen LogP contribution in [-0.2, 0) is 6.54 Å². The van der Waals surface area contributed by atoms with Crippen LogP contribution in [-0.4, -0.2) is 75.5 Å².